The van der Waals surface area contributed by atoms with Crippen molar-refractivity contribution in [2.45, 2.75) is 82.9 Å². The molecule has 3 rings (SSSR count). The van der Waals surface area contributed by atoms with E-state index in [0.717, 1.165) is 25.7 Å². The van der Waals surface area contributed by atoms with Crippen LogP contribution in [0.25, 0.3) is 0 Å². The smallest absolute Gasteiger partial charge is 0.411 e. The number of likely N-dealkylation sites (tertiary alicyclic amines) is 2. The third-order valence-corrected chi connectivity index (χ3v) is 5.88. The first-order chi connectivity index (χ1) is 12.7. The van der Waals surface area contributed by atoms with Crippen molar-refractivity contribution in [3.63, 3.8) is 0 Å². The van der Waals surface area contributed by atoms with E-state index in [-0.39, 0.29) is 11.9 Å². The summed E-state index contributed by atoms with van der Waals surface area (Å²) < 4.78 is 10.6. The second-order valence-electron chi connectivity index (χ2n) is 9.09. The van der Waals surface area contributed by atoms with Gasteiger partial charge in [-0.1, -0.05) is 12.8 Å². The predicted octanol–water partition coefficient (Wildman–Crippen LogP) is 2.72. The van der Waals surface area contributed by atoms with Crippen LogP contribution >= 0.6 is 0 Å². The Hall–Kier alpha value is -1.79. The lowest BCUT2D eigenvalue weighted by Gasteiger charge is -2.43. The van der Waals surface area contributed by atoms with Crippen molar-refractivity contribution in [3.8, 4) is 0 Å². The molecule has 2 saturated heterocycles. The minimum Gasteiger partial charge on any atom is -0.467 e. The standard InChI is InChI=1S/C20H32N2O5/c1-19(2,3)27-18(25)22-11-6-5-9-20(22)10-12-21(17(20)24)15(16(23)26-4)13-14-7-8-14/h14-15H,5-13H2,1-4H3. The molecule has 2 unspecified atom stereocenters. The minimum absolute atomic E-state index is 0.121. The van der Waals surface area contributed by atoms with Crippen LogP contribution in [0.15, 0.2) is 0 Å². The quantitative estimate of drug-likeness (QED) is 0.701. The van der Waals surface area contributed by atoms with Crippen LogP contribution in [0.4, 0.5) is 4.79 Å². The molecule has 27 heavy (non-hydrogen) atoms. The van der Waals surface area contributed by atoms with E-state index in [4.69, 9.17) is 9.47 Å². The molecule has 0 aromatic heterocycles. The molecule has 3 aliphatic rings. The van der Waals surface area contributed by atoms with Gasteiger partial charge in [0.2, 0.25) is 5.91 Å². The Morgan fingerprint density at radius 1 is 1.19 bits per heavy atom. The molecule has 0 N–H and O–H groups in total. The van der Waals surface area contributed by atoms with Crippen LogP contribution in [0, 0.1) is 5.92 Å². The number of piperidine rings is 1. The van der Waals surface area contributed by atoms with Crippen LogP contribution in [0.3, 0.4) is 0 Å². The van der Waals surface area contributed by atoms with Gasteiger partial charge in [0.05, 0.1) is 7.11 Å². The molecule has 2 atom stereocenters. The summed E-state index contributed by atoms with van der Waals surface area (Å²) in [7, 11) is 1.37. The number of carbonyl (C=O) groups is 3. The molecule has 7 nitrogen and oxygen atoms in total. The zero-order valence-corrected chi connectivity index (χ0v) is 17.0. The summed E-state index contributed by atoms with van der Waals surface area (Å²) in [5.74, 6) is 0.0165. The number of hydrogen-bond acceptors (Lipinski definition) is 5. The molecule has 152 valence electrons. The number of esters is 1. The van der Waals surface area contributed by atoms with Crippen molar-refractivity contribution in [1.82, 2.24) is 9.80 Å². The van der Waals surface area contributed by atoms with E-state index < -0.39 is 23.3 Å². The Labute approximate surface area is 161 Å². The number of hydrogen-bond donors (Lipinski definition) is 0. The maximum absolute atomic E-state index is 13.5. The average Bonchev–Trinajstić information content (AvgIpc) is 3.37. The molecule has 1 saturated carbocycles. The van der Waals surface area contributed by atoms with Crippen molar-refractivity contribution in [2.75, 3.05) is 20.2 Å². The van der Waals surface area contributed by atoms with Crippen LogP contribution in [-0.4, -0.2) is 65.2 Å². The minimum atomic E-state index is -0.879. The zero-order chi connectivity index (χ0) is 19.8. The average molecular weight is 380 g/mol. The highest BCUT2D eigenvalue weighted by Crippen LogP contribution is 2.42. The Balaban J connectivity index is 1.82. The summed E-state index contributed by atoms with van der Waals surface area (Å²) in [6, 6.07) is -0.545. The monoisotopic (exact) mass is 380 g/mol. The molecule has 0 aromatic rings. The fraction of sp³-hybridized carbons (Fsp3) is 0.850. The van der Waals surface area contributed by atoms with Crippen LogP contribution < -0.4 is 0 Å². The Kier molecular flexibility index (Phi) is 5.41. The fourth-order valence-corrected chi connectivity index (χ4v) is 4.34. The second kappa shape index (κ2) is 7.32. The van der Waals surface area contributed by atoms with E-state index >= 15 is 0 Å². The largest absolute Gasteiger partial charge is 0.467 e. The van der Waals surface area contributed by atoms with Gasteiger partial charge in [0, 0.05) is 13.1 Å². The molecule has 1 spiro atoms. The van der Waals surface area contributed by atoms with E-state index in [1.807, 2.05) is 20.8 Å². The Bertz CT molecular complexity index is 610. The molecule has 0 radical (unpaired) electrons. The number of amides is 2. The van der Waals surface area contributed by atoms with Gasteiger partial charge < -0.3 is 14.4 Å². The van der Waals surface area contributed by atoms with Crippen molar-refractivity contribution in [1.29, 1.82) is 0 Å². The molecule has 3 fully saturated rings. The summed E-state index contributed by atoms with van der Waals surface area (Å²) >= 11 is 0. The highest BCUT2D eigenvalue weighted by Gasteiger charge is 2.56. The lowest BCUT2D eigenvalue weighted by Crippen LogP contribution is -2.60. The number of nitrogens with zero attached hydrogens (tertiary/aromatic N) is 2. The highest BCUT2D eigenvalue weighted by atomic mass is 16.6. The summed E-state index contributed by atoms with van der Waals surface area (Å²) in [6.45, 7) is 6.47. The van der Waals surface area contributed by atoms with E-state index in [2.05, 4.69) is 0 Å². The number of methoxy groups -OCH3 is 1. The van der Waals surface area contributed by atoms with Crippen LogP contribution in [-0.2, 0) is 19.1 Å². The molecule has 0 bridgehead atoms. The molecule has 0 aromatic carbocycles. The Morgan fingerprint density at radius 2 is 1.89 bits per heavy atom. The second-order valence-corrected chi connectivity index (χ2v) is 9.09. The van der Waals surface area contributed by atoms with Crippen molar-refractivity contribution >= 4 is 18.0 Å². The molecular formula is C20H32N2O5. The van der Waals surface area contributed by atoms with Crippen LogP contribution in [0.5, 0.6) is 0 Å². The van der Waals surface area contributed by atoms with Crippen molar-refractivity contribution in [3.05, 3.63) is 0 Å². The van der Waals surface area contributed by atoms with Gasteiger partial charge in [-0.25, -0.2) is 9.59 Å². The Morgan fingerprint density at radius 3 is 2.48 bits per heavy atom. The summed E-state index contributed by atoms with van der Waals surface area (Å²) in [4.78, 5) is 42.0. The predicted molar refractivity (Wildman–Crippen MR) is 99.0 cm³/mol. The van der Waals surface area contributed by atoms with E-state index in [0.29, 0.717) is 38.3 Å². The molecule has 2 amide bonds. The van der Waals surface area contributed by atoms with Gasteiger partial charge in [-0.15, -0.1) is 0 Å². The van der Waals surface area contributed by atoms with Gasteiger partial charge in [0.25, 0.3) is 0 Å². The first-order valence-corrected chi connectivity index (χ1v) is 10.1. The third-order valence-electron chi connectivity index (χ3n) is 5.88. The van der Waals surface area contributed by atoms with Gasteiger partial charge >= 0.3 is 12.1 Å². The first kappa shape index (κ1) is 20.0. The van der Waals surface area contributed by atoms with Crippen molar-refractivity contribution < 1.29 is 23.9 Å². The number of ether oxygens (including phenoxy) is 2. The zero-order valence-electron chi connectivity index (χ0n) is 17.0. The third kappa shape index (κ3) is 4.06. The molecule has 2 heterocycles. The maximum Gasteiger partial charge on any atom is 0.411 e. The van der Waals surface area contributed by atoms with Crippen LogP contribution in [0.1, 0.15) is 65.7 Å². The van der Waals surface area contributed by atoms with Crippen molar-refractivity contribution in [2.24, 2.45) is 5.92 Å². The van der Waals surface area contributed by atoms with Gasteiger partial charge in [0.1, 0.15) is 17.2 Å². The van der Waals surface area contributed by atoms with Gasteiger partial charge in [-0.3, -0.25) is 9.69 Å². The first-order valence-electron chi connectivity index (χ1n) is 10.1. The topological polar surface area (TPSA) is 76.2 Å². The van der Waals surface area contributed by atoms with Crippen LogP contribution in [0.2, 0.25) is 0 Å². The SMILES string of the molecule is COC(=O)C(CC1CC1)N1CCC2(CCCCN2C(=O)OC(C)(C)C)C1=O. The van der Waals surface area contributed by atoms with Gasteiger partial charge in [-0.05, 0) is 58.8 Å². The summed E-state index contributed by atoms with van der Waals surface area (Å²) in [6.07, 6.45) is 5.34. The van der Waals surface area contributed by atoms with Gasteiger partial charge in [-0.2, -0.15) is 0 Å². The van der Waals surface area contributed by atoms with E-state index in [1.54, 1.807) is 9.80 Å². The number of carbonyl (C=O) groups excluding carboxylic acids is 3. The normalized spacial score (nSPS) is 27.0. The fourth-order valence-electron chi connectivity index (χ4n) is 4.34. The van der Waals surface area contributed by atoms with E-state index in [9.17, 15) is 14.4 Å². The molecular weight excluding hydrogens is 348 g/mol. The lowest BCUT2D eigenvalue weighted by atomic mass is 9.85. The molecule has 1 aliphatic carbocycles. The molecule has 2 aliphatic heterocycles. The van der Waals surface area contributed by atoms with Gasteiger partial charge in [0.15, 0.2) is 0 Å². The summed E-state index contributed by atoms with van der Waals surface area (Å²) in [5.41, 5.74) is -1.49. The lowest BCUT2D eigenvalue weighted by molar-refractivity contribution is -0.154. The number of rotatable bonds is 4. The maximum atomic E-state index is 13.5. The highest BCUT2D eigenvalue weighted by molar-refractivity contribution is 5.95. The molecule has 7 heteroatoms. The summed E-state index contributed by atoms with van der Waals surface area (Å²) in [5, 5.41) is 0. The van der Waals surface area contributed by atoms with E-state index in [1.165, 1.54) is 7.11 Å².